The van der Waals surface area contributed by atoms with Crippen LogP contribution in [-0.2, 0) is 7.05 Å². The van der Waals surface area contributed by atoms with E-state index in [4.69, 9.17) is 9.47 Å². The molecule has 2 aliphatic heterocycles. The number of amides is 1. The van der Waals surface area contributed by atoms with Gasteiger partial charge in [0.05, 0.1) is 11.7 Å². The zero-order valence-electron chi connectivity index (χ0n) is 13.8. The summed E-state index contributed by atoms with van der Waals surface area (Å²) in [5, 5.41) is 4.26. The minimum absolute atomic E-state index is 0.0397. The molecule has 1 saturated heterocycles. The molecule has 0 aliphatic carbocycles. The topological polar surface area (TPSA) is 56.6 Å². The molecule has 1 atom stereocenters. The van der Waals surface area contributed by atoms with E-state index in [0.717, 1.165) is 31.5 Å². The maximum Gasteiger partial charge on any atom is 0.254 e. The van der Waals surface area contributed by atoms with Gasteiger partial charge in [0, 0.05) is 25.4 Å². The molecule has 2 aliphatic rings. The highest BCUT2D eigenvalue weighted by molar-refractivity contribution is 5.95. The quantitative estimate of drug-likeness (QED) is 0.851. The molecule has 3 heterocycles. The molecule has 1 amide bonds. The summed E-state index contributed by atoms with van der Waals surface area (Å²) < 4.78 is 13.0. The van der Waals surface area contributed by atoms with Gasteiger partial charge in [0.15, 0.2) is 11.5 Å². The molecular weight excluding hydrogens is 306 g/mol. The Morgan fingerprint density at radius 2 is 2.00 bits per heavy atom. The fourth-order valence-corrected chi connectivity index (χ4v) is 3.54. The molecule has 0 spiro atoms. The van der Waals surface area contributed by atoms with Gasteiger partial charge < -0.3 is 14.4 Å². The van der Waals surface area contributed by atoms with E-state index < -0.39 is 0 Å². The Morgan fingerprint density at radius 1 is 1.17 bits per heavy atom. The number of benzene rings is 1. The first-order valence-corrected chi connectivity index (χ1v) is 8.42. The number of nitrogens with zero attached hydrogens (tertiary/aromatic N) is 3. The maximum atomic E-state index is 13.1. The van der Waals surface area contributed by atoms with Gasteiger partial charge in [-0.3, -0.25) is 9.48 Å². The zero-order valence-corrected chi connectivity index (χ0v) is 13.8. The van der Waals surface area contributed by atoms with Gasteiger partial charge in [0.25, 0.3) is 5.91 Å². The molecule has 126 valence electrons. The van der Waals surface area contributed by atoms with E-state index in [2.05, 4.69) is 5.10 Å². The van der Waals surface area contributed by atoms with Crippen molar-refractivity contribution in [1.82, 2.24) is 14.7 Å². The third-order valence-electron chi connectivity index (χ3n) is 4.75. The summed E-state index contributed by atoms with van der Waals surface area (Å²) in [6.45, 7) is 1.84. The minimum Gasteiger partial charge on any atom is -0.486 e. The first kappa shape index (κ1) is 15.1. The molecule has 1 fully saturated rings. The maximum absolute atomic E-state index is 13.1. The minimum atomic E-state index is 0.0397. The number of carbonyl (C=O) groups excluding carboxylic acids is 1. The van der Waals surface area contributed by atoms with Crippen LogP contribution in [0.25, 0.3) is 0 Å². The van der Waals surface area contributed by atoms with E-state index in [-0.39, 0.29) is 11.9 Å². The smallest absolute Gasteiger partial charge is 0.254 e. The summed E-state index contributed by atoms with van der Waals surface area (Å²) in [6, 6.07) is 7.52. The molecule has 6 heteroatoms. The highest BCUT2D eigenvalue weighted by Gasteiger charge is 2.31. The molecule has 1 aromatic carbocycles. The molecule has 0 bridgehead atoms. The highest BCUT2D eigenvalue weighted by atomic mass is 16.6. The van der Waals surface area contributed by atoms with Crippen molar-refractivity contribution in [2.24, 2.45) is 7.05 Å². The van der Waals surface area contributed by atoms with Crippen LogP contribution in [0.1, 0.15) is 41.4 Å². The zero-order chi connectivity index (χ0) is 16.5. The standard InChI is InChI=1S/C18H21N3O3/c1-20-14(7-8-19-20)15-4-2-3-9-21(15)18(22)13-5-6-16-17(12-13)24-11-10-23-16/h5-8,12,15H,2-4,9-11H2,1H3/t15-/m0/s1. The Bertz CT molecular complexity index is 756. The molecule has 4 rings (SSSR count). The number of aryl methyl sites for hydroxylation is 1. The first-order chi connectivity index (χ1) is 11.7. The molecule has 1 aromatic heterocycles. The van der Waals surface area contributed by atoms with Gasteiger partial charge in [-0.2, -0.15) is 5.10 Å². The van der Waals surface area contributed by atoms with Crippen molar-refractivity contribution in [3.63, 3.8) is 0 Å². The van der Waals surface area contributed by atoms with Crippen LogP contribution >= 0.6 is 0 Å². The monoisotopic (exact) mass is 327 g/mol. The number of ether oxygens (including phenoxy) is 2. The van der Waals surface area contributed by atoms with Crippen LogP contribution in [0, 0.1) is 0 Å². The average molecular weight is 327 g/mol. The average Bonchev–Trinajstić information content (AvgIpc) is 3.06. The first-order valence-electron chi connectivity index (χ1n) is 8.42. The lowest BCUT2D eigenvalue weighted by Crippen LogP contribution is -2.39. The van der Waals surface area contributed by atoms with Crippen LogP contribution in [0.3, 0.4) is 0 Å². The normalized spacial score (nSPS) is 20.0. The van der Waals surface area contributed by atoms with Gasteiger partial charge in [0.2, 0.25) is 0 Å². The van der Waals surface area contributed by atoms with E-state index in [1.807, 2.05) is 34.8 Å². The van der Waals surface area contributed by atoms with Crippen LogP contribution in [0.4, 0.5) is 0 Å². The lowest BCUT2D eigenvalue weighted by molar-refractivity contribution is 0.0600. The summed E-state index contributed by atoms with van der Waals surface area (Å²) in [4.78, 5) is 15.1. The number of hydrogen-bond acceptors (Lipinski definition) is 4. The Morgan fingerprint density at radius 3 is 2.79 bits per heavy atom. The van der Waals surface area contributed by atoms with E-state index in [9.17, 15) is 4.79 Å². The Labute approximate surface area is 141 Å². The van der Waals surface area contributed by atoms with Crippen molar-refractivity contribution in [2.45, 2.75) is 25.3 Å². The van der Waals surface area contributed by atoms with Gasteiger partial charge in [-0.1, -0.05) is 0 Å². The summed E-state index contributed by atoms with van der Waals surface area (Å²) in [7, 11) is 1.93. The van der Waals surface area contributed by atoms with Gasteiger partial charge >= 0.3 is 0 Å². The largest absolute Gasteiger partial charge is 0.486 e. The third-order valence-corrected chi connectivity index (χ3v) is 4.75. The van der Waals surface area contributed by atoms with Crippen LogP contribution in [0.2, 0.25) is 0 Å². The van der Waals surface area contributed by atoms with Crippen LogP contribution in [0.15, 0.2) is 30.5 Å². The Hall–Kier alpha value is -2.50. The van der Waals surface area contributed by atoms with E-state index in [1.54, 1.807) is 12.3 Å². The molecule has 0 unspecified atom stereocenters. The van der Waals surface area contributed by atoms with E-state index in [0.29, 0.717) is 30.3 Å². The Balaban J connectivity index is 1.63. The summed E-state index contributed by atoms with van der Waals surface area (Å²) in [5.74, 6) is 1.40. The third kappa shape index (κ3) is 2.62. The second-order valence-corrected chi connectivity index (χ2v) is 6.25. The summed E-state index contributed by atoms with van der Waals surface area (Å²) in [6.07, 6.45) is 4.91. The fraction of sp³-hybridized carbons (Fsp3) is 0.444. The molecule has 24 heavy (non-hydrogen) atoms. The highest BCUT2D eigenvalue weighted by Crippen LogP contribution is 2.34. The number of hydrogen-bond donors (Lipinski definition) is 0. The number of aromatic nitrogens is 2. The molecule has 0 saturated carbocycles. The molecule has 6 nitrogen and oxygen atoms in total. The van der Waals surface area contributed by atoms with Crippen molar-refractivity contribution in [2.75, 3.05) is 19.8 Å². The van der Waals surface area contributed by atoms with Crippen molar-refractivity contribution in [3.8, 4) is 11.5 Å². The Kier molecular flexibility index (Phi) is 3.88. The lowest BCUT2D eigenvalue weighted by atomic mass is 9.98. The molecule has 2 aromatic rings. The number of fused-ring (bicyclic) bond motifs is 1. The second-order valence-electron chi connectivity index (χ2n) is 6.25. The number of rotatable bonds is 2. The predicted molar refractivity (Wildman–Crippen MR) is 88.3 cm³/mol. The summed E-state index contributed by atoms with van der Waals surface area (Å²) >= 11 is 0. The van der Waals surface area contributed by atoms with Gasteiger partial charge in [-0.15, -0.1) is 0 Å². The van der Waals surface area contributed by atoms with Crippen LogP contribution in [0.5, 0.6) is 11.5 Å². The van der Waals surface area contributed by atoms with E-state index >= 15 is 0 Å². The van der Waals surface area contributed by atoms with Crippen molar-refractivity contribution in [3.05, 3.63) is 41.7 Å². The van der Waals surface area contributed by atoms with Crippen LogP contribution in [-0.4, -0.2) is 40.3 Å². The van der Waals surface area contributed by atoms with Crippen molar-refractivity contribution < 1.29 is 14.3 Å². The molecule has 0 radical (unpaired) electrons. The van der Waals surface area contributed by atoms with E-state index in [1.165, 1.54) is 0 Å². The second kappa shape index (κ2) is 6.19. The van der Waals surface area contributed by atoms with Gasteiger partial charge in [0.1, 0.15) is 13.2 Å². The van der Waals surface area contributed by atoms with Crippen molar-refractivity contribution >= 4 is 5.91 Å². The summed E-state index contributed by atoms with van der Waals surface area (Å²) in [5.41, 5.74) is 1.73. The number of likely N-dealkylation sites (tertiary alicyclic amines) is 1. The van der Waals surface area contributed by atoms with Gasteiger partial charge in [-0.25, -0.2) is 0 Å². The number of carbonyl (C=O) groups is 1. The van der Waals surface area contributed by atoms with Gasteiger partial charge in [-0.05, 0) is 43.5 Å². The van der Waals surface area contributed by atoms with Crippen molar-refractivity contribution in [1.29, 1.82) is 0 Å². The molecule has 0 N–H and O–H groups in total. The lowest BCUT2D eigenvalue weighted by Gasteiger charge is -2.36. The molecular formula is C18H21N3O3. The SMILES string of the molecule is Cn1nccc1[C@@H]1CCCCN1C(=O)c1ccc2c(c1)OCCO2. The predicted octanol–water partition coefficient (Wildman–Crippen LogP) is 2.56. The number of piperidine rings is 1. The fourth-order valence-electron chi connectivity index (χ4n) is 3.54. The van der Waals surface area contributed by atoms with Crippen LogP contribution < -0.4 is 9.47 Å².